The molecule has 3 heteroatoms. The molecule has 0 aromatic heterocycles. The molecule has 0 amide bonds. The van der Waals surface area contributed by atoms with Crippen LogP contribution in [0, 0.1) is 5.82 Å². The van der Waals surface area contributed by atoms with Crippen LogP contribution in [0.25, 0.3) is 0 Å². The highest BCUT2D eigenvalue weighted by atomic mass is 19.1. The zero-order valence-corrected chi connectivity index (χ0v) is 9.86. The topological polar surface area (TPSA) is 21.3 Å². The Morgan fingerprint density at radius 2 is 1.82 bits per heavy atom. The Hall–Kier alpha value is -1.09. The van der Waals surface area contributed by atoms with E-state index in [2.05, 4.69) is 5.32 Å². The molecule has 0 radical (unpaired) electrons. The first kappa shape index (κ1) is 11.0. The first-order valence-corrected chi connectivity index (χ1v) is 6.48. The van der Waals surface area contributed by atoms with E-state index in [9.17, 15) is 4.39 Å². The number of halogens is 1. The van der Waals surface area contributed by atoms with Gasteiger partial charge < -0.3 is 10.1 Å². The van der Waals surface area contributed by atoms with Crippen molar-refractivity contribution in [2.75, 3.05) is 0 Å². The van der Waals surface area contributed by atoms with Crippen LogP contribution in [0.3, 0.4) is 0 Å². The molecule has 2 heterocycles. The first-order valence-electron chi connectivity index (χ1n) is 6.48. The summed E-state index contributed by atoms with van der Waals surface area (Å²) in [7, 11) is 0. The number of piperidine rings is 2. The molecule has 1 aromatic rings. The highest BCUT2D eigenvalue weighted by Gasteiger charge is 2.32. The van der Waals surface area contributed by atoms with Gasteiger partial charge in [0.25, 0.3) is 0 Å². The van der Waals surface area contributed by atoms with Crippen LogP contribution in [0.5, 0.6) is 5.75 Å². The molecule has 3 rings (SSSR count). The van der Waals surface area contributed by atoms with E-state index in [-0.39, 0.29) is 11.9 Å². The zero-order chi connectivity index (χ0) is 11.7. The van der Waals surface area contributed by atoms with Crippen molar-refractivity contribution in [2.45, 2.75) is 50.3 Å². The van der Waals surface area contributed by atoms with Crippen LogP contribution in [0.1, 0.15) is 32.1 Å². The SMILES string of the molecule is Fc1ccccc1OC1CC2CCCC(C1)N2. The van der Waals surface area contributed by atoms with E-state index in [0.717, 1.165) is 12.8 Å². The molecule has 0 spiro atoms. The third-order valence-corrected chi connectivity index (χ3v) is 3.80. The smallest absolute Gasteiger partial charge is 0.165 e. The standard InChI is InChI=1S/C14H18FNO/c15-13-6-1-2-7-14(13)17-12-8-10-4-3-5-11(9-12)16-10/h1-2,6-7,10-12,16H,3-5,8-9H2. The molecule has 2 bridgehead atoms. The molecule has 2 nitrogen and oxygen atoms in total. The average molecular weight is 235 g/mol. The van der Waals surface area contributed by atoms with Crippen LogP contribution >= 0.6 is 0 Å². The van der Waals surface area contributed by atoms with Crippen molar-refractivity contribution in [1.29, 1.82) is 0 Å². The fourth-order valence-corrected chi connectivity index (χ4v) is 3.03. The Morgan fingerprint density at radius 3 is 2.53 bits per heavy atom. The molecule has 2 aliphatic heterocycles. The molecule has 17 heavy (non-hydrogen) atoms. The van der Waals surface area contributed by atoms with Gasteiger partial charge in [-0.25, -0.2) is 4.39 Å². The molecule has 2 saturated heterocycles. The highest BCUT2D eigenvalue weighted by molar-refractivity contribution is 5.24. The summed E-state index contributed by atoms with van der Waals surface area (Å²) >= 11 is 0. The van der Waals surface area contributed by atoms with Gasteiger partial charge in [-0.1, -0.05) is 18.6 Å². The summed E-state index contributed by atoms with van der Waals surface area (Å²) in [4.78, 5) is 0. The second-order valence-electron chi connectivity index (χ2n) is 5.13. The second-order valence-corrected chi connectivity index (χ2v) is 5.13. The Kier molecular flexibility index (Phi) is 3.02. The van der Waals surface area contributed by atoms with Crippen molar-refractivity contribution in [2.24, 2.45) is 0 Å². The van der Waals surface area contributed by atoms with Crippen LogP contribution in [0.2, 0.25) is 0 Å². The number of rotatable bonds is 2. The van der Waals surface area contributed by atoms with E-state index in [1.807, 2.05) is 6.07 Å². The lowest BCUT2D eigenvalue weighted by Crippen LogP contribution is -2.51. The third kappa shape index (κ3) is 2.44. The van der Waals surface area contributed by atoms with Gasteiger partial charge in [0.1, 0.15) is 6.10 Å². The molecule has 2 aliphatic rings. The number of fused-ring (bicyclic) bond motifs is 2. The number of ether oxygens (including phenoxy) is 1. The molecule has 0 saturated carbocycles. The Balaban J connectivity index is 1.68. The van der Waals surface area contributed by atoms with Crippen LogP contribution in [0.4, 0.5) is 4.39 Å². The van der Waals surface area contributed by atoms with Crippen molar-refractivity contribution < 1.29 is 9.13 Å². The van der Waals surface area contributed by atoms with Crippen LogP contribution in [-0.2, 0) is 0 Å². The predicted octanol–water partition coefficient (Wildman–Crippen LogP) is 2.88. The molecule has 2 atom stereocenters. The van der Waals surface area contributed by atoms with Crippen molar-refractivity contribution in [1.82, 2.24) is 5.32 Å². The molecular formula is C14H18FNO. The van der Waals surface area contributed by atoms with Gasteiger partial charge in [-0.3, -0.25) is 0 Å². The van der Waals surface area contributed by atoms with Gasteiger partial charge in [0.05, 0.1) is 0 Å². The fourth-order valence-electron chi connectivity index (χ4n) is 3.03. The summed E-state index contributed by atoms with van der Waals surface area (Å²) in [6, 6.07) is 7.82. The van der Waals surface area contributed by atoms with E-state index < -0.39 is 0 Å². The Morgan fingerprint density at radius 1 is 1.12 bits per heavy atom. The minimum atomic E-state index is -0.254. The van der Waals surface area contributed by atoms with Gasteiger partial charge in [-0.2, -0.15) is 0 Å². The molecule has 0 aliphatic carbocycles. The molecule has 2 unspecified atom stereocenters. The van der Waals surface area contributed by atoms with Gasteiger partial charge in [0.15, 0.2) is 11.6 Å². The predicted molar refractivity (Wildman–Crippen MR) is 64.6 cm³/mol. The van der Waals surface area contributed by atoms with Gasteiger partial charge in [0, 0.05) is 12.1 Å². The number of para-hydroxylation sites is 1. The maximum atomic E-state index is 13.5. The molecule has 92 valence electrons. The molecule has 1 aromatic carbocycles. The summed E-state index contributed by atoms with van der Waals surface area (Å²) in [5.74, 6) is 0.147. The number of hydrogen-bond acceptors (Lipinski definition) is 2. The lowest BCUT2D eigenvalue weighted by atomic mass is 9.85. The minimum absolute atomic E-state index is 0.170. The highest BCUT2D eigenvalue weighted by Crippen LogP contribution is 2.29. The normalized spacial score (nSPS) is 32.2. The largest absolute Gasteiger partial charge is 0.487 e. The van der Waals surface area contributed by atoms with Crippen molar-refractivity contribution in [3.8, 4) is 5.75 Å². The van der Waals surface area contributed by atoms with Gasteiger partial charge >= 0.3 is 0 Å². The summed E-state index contributed by atoms with van der Waals surface area (Å²) in [5.41, 5.74) is 0. The van der Waals surface area contributed by atoms with Gasteiger partial charge in [0.2, 0.25) is 0 Å². The maximum Gasteiger partial charge on any atom is 0.165 e. The third-order valence-electron chi connectivity index (χ3n) is 3.80. The van der Waals surface area contributed by atoms with E-state index in [4.69, 9.17) is 4.74 Å². The van der Waals surface area contributed by atoms with Crippen molar-refractivity contribution >= 4 is 0 Å². The zero-order valence-electron chi connectivity index (χ0n) is 9.86. The fraction of sp³-hybridized carbons (Fsp3) is 0.571. The summed E-state index contributed by atoms with van der Waals surface area (Å²) in [6.07, 6.45) is 5.95. The molecule has 2 fully saturated rings. The number of hydrogen-bond donors (Lipinski definition) is 1. The van der Waals surface area contributed by atoms with E-state index in [0.29, 0.717) is 17.8 Å². The average Bonchev–Trinajstić information content (AvgIpc) is 2.32. The van der Waals surface area contributed by atoms with Crippen LogP contribution in [-0.4, -0.2) is 18.2 Å². The Labute approximate surface area is 101 Å². The van der Waals surface area contributed by atoms with Gasteiger partial charge in [-0.15, -0.1) is 0 Å². The lowest BCUT2D eigenvalue weighted by Gasteiger charge is -2.40. The maximum absolute atomic E-state index is 13.5. The van der Waals surface area contributed by atoms with E-state index >= 15 is 0 Å². The monoisotopic (exact) mass is 235 g/mol. The summed E-state index contributed by atoms with van der Waals surface area (Å²) in [5, 5.41) is 3.61. The molecule has 1 N–H and O–H groups in total. The van der Waals surface area contributed by atoms with E-state index in [1.165, 1.54) is 25.3 Å². The van der Waals surface area contributed by atoms with Crippen LogP contribution in [0.15, 0.2) is 24.3 Å². The van der Waals surface area contributed by atoms with E-state index in [1.54, 1.807) is 12.1 Å². The lowest BCUT2D eigenvalue weighted by molar-refractivity contribution is 0.0893. The van der Waals surface area contributed by atoms with Gasteiger partial charge in [-0.05, 0) is 37.8 Å². The Bertz CT molecular complexity index is 384. The number of nitrogens with one attached hydrogen (secondary N) is 1. The first-order chi connectivity index (χ1) is 8.31. The van der Waals surface area contributed by atoms with Crippen LogP contribution < -0.4 is 10.1 Å². The summed E-state index contributed by atoms with van der Waals surface area (Å²) in [6.45, 7) is 0. The summed E-state index contributed by atoms with van der Waals surface area (Å²) < 4.78 is 19.3. The number of benzene rings is 1. The molecular weight excluding hydrogens is 217 g/mol. The quantitative estimate of drug-likeness (QED) is 0.851. The van der Waals surface area contributed by atoms with Crippen molar-refractivity contribution in [3.05, 3.63) is 30.1 Å². The minimum Gasteiger partial charge on any atom is -0.487 e. The second kappa shape index (κ2) is 4.65. The van der Waals surface area contributed by atoms with Crippen molar-refractivity contribution in [3.63, 3.8) is 0 Å².